The maximum absolute atomic E-state index is 10.9. The van der Waals surface area contributed by atoms with Crippen LogP contribution in [-0.4, -0.2) is 18.6 Å². The molecule has 2 rings (SSSR count). The molecule has 1 aliphatic rings. The maximum Gasteiger partial charge on any atom is 0.234 e. The number of nitrogens with two attached hydrogens (primary N) is 1. The standard InChI is InChI=1S/C13H20N2O3/c1-9(13(14)16)15-8-10-5-6-12(18-10)11-4-2-3-7-17-11/h5-6,9,11,15H,2-4,7-8H2,1H3,(H2,14,16)/t9-,11?/m0/s1. The quantitative estimate of drug-likeness (QED) is 0.832. The number of carbonyl (C=O) groups is 1. The molecule has 1 amide bonds. The van der Waals surface area contributed by atoms with Crippen molar-refractivity contribution in [1.29, 1.82) is 0 Å². The predicted molar refractivity (Wildman–Crippen MR) is 66.7 cm³/mol. The van der Waals surface area contributed by atoms with Gasteiger partial charge in [0.1, 0.15) is 17.6 Å². The molecule has 0 saturated carbocycles. The number of hydrogen-bond acceptors (Lipinski definition) is 4. The van der Waals surface area contributed by atoms with Gasteiger partial charge in [-0.3, -0.25) is 10.1 Å². The minimum atomic E-state index is -0.364. The van der Waals surface area contributed by atoms with Gasteiger partial charge < -0.3 is 14.9 Å². The molecule has 1 unspecified atom stereocenters. The zero-order valence-corrected chi connectivity index (χ0v) is 10.6. The Labute approximate surface area is 107 Å². The Balaban J connectivity index is 1.87. The van der Waals surface area contributed by atoms with Crippen LogP contribution in [0.25, 0.3) is 0 Å². The molecule has 100 valence electrons. The second-order valence-corrected chi connectivity index (χ2v) is 4.66. The Morgan fingerprint density at radius 3 is 3.06 bits per heavy atom. The highest BCUT2D eigenvalue weighted by molar-refractivity contribution is 5.79. The average molecular weight is 252 g/mol. The lowest BCUT2D eigenvalue weighted by Crippen LogP contribution is -2.38. The van der Waals surface area contributed by atoms with Crippen molar-refractivity contribution < 1.29 is 13.9 Å². The van der Waals surface area contributed by atoms with Gasteiger partial charge in [-0.2, -0.15) is 0 Å². The van der Waals surface area contributed by atoms with Crippen molar-refractivity contribution in [2.45, 2.75) is 44.9 Å². The molecule has 5 nitrogen and oxygen atoms in total. The van der Waals surface area contributed by atoms with Crippen molar-refractivity contribution in [2.75, 3.05) is 6.61 Å². The molecular formula is C13H20N2O3. The summed E-state index contributed by atoms with van der Waals surface area (Å²) in [7, 11) is 0. The molecule has 18 heavy (non-hydrogen) atoms. The van der Waals surface area contributed by atoms with Crippen LogP contribution in [0.1, 0.15) is 43.8 Å². The van der Waals surface area contributed by atoms with E-state index in [1.54, 1.807) is 6.92 Å². The predicted octanol–water partition coefficient (Wildman–Crippen LogP) is 1.48. The third kappa shape index (κ3) is 3.34. The highest BCUT2D eigenvalue weighted by atomic mass is 16.5. The Hall–Kier alpha value is -1.33. The topological polar surface area (TPSA) is 77.5 Å². The number of nitrogens with one attached hydrogen (secondary N) is 1. The van der Waals surface area contributed by atoms with E-state index in [1.165, 1.54) is 6.42 Å². The minimum absolute atomic E-state index is 0.0843. The van der Waals surface area contributed by atoms with Gasteiger partial charge in [0.25, 0.3) is 0 Å². The van der Waals surface area contributed by atoms with Gasteiger partial charge in [-0.15, -0.1) is 0 Å². The van der Waals surface area contributed by atoms with E-state index in [0.29, 0.717) is 6.54 Å². The van der Waals surface area contributed by atoms with Gasteiger partial charge in [-0.05, 0) is 38.3 Å². The second-order valence-electron chi connectivity index (χ2n) is 4.66. The molecule has 0 spiro atoms. The Bertz CT molecular complexity index is 397. The van der Waals surface area contributed by atoms with Gasteiger partial charge in [-0.25, -0.2) is 0 Å². The molecule has 3 N–H and O–H groups in total. The number of furan rings is 1. The molecule has 1 fully saturated rings. The fourth-order valence-corrected chi connectivity index (χ4v) is 1.98. The van der Waals surface area contributed by atoms with Crippen LogP contribution in [0.5, 0.6) is 0 Å². The summed E-state index contributed by atoms with van der Waals surface area (Å²) in [4.78, 5) is 10.9. The van der Waals surface area contributed by atoms with Crippen LogP contribution in [0.15, 0.2) is 16.5 Å². The SMILES string of the molecule is C[C@H](NCc1ccc(C2CCCCO2)o1)C(N)=O. The lowest BCUT2D eigenvalue weighted by atomic mass is 10.1. The van der Waals surface area contributed by atoms with Gasteiger partial charge in [0.2, 0.25) is 5.91 Å². The molecule has 1 aromatic heterocycles. The Kier molecular flexibility index (Phi) is 4.38. The number of rotatable bonds is 5. The lowest BCUT2D eigenvalue weighted by Gasteiger charge is -2.20. The summed E-state index contributed by atoms with van der Waals surface area (Å²) in [5.74, 6) is 1.31. The van der Waals surface area contributed by atoms with Gasteiger partial charge in [-0.1, -0.05) is 0 Å². The normalized spacial score (nSPS) is 21.7. The van der Waals surface area contributed by atoms with E-state index >= 15 is 0 Å². The first-order valence-electron chi connectivity index (χ1n) is 6.39. The molecule has 0 bridgehead atoms. The first kappa shape index (κ1) is 13.1. The van der Waals surface area contributed by atoms with Crippen LogP contribution >= 0.6 is 0 Å². The smallest absolute Gasteiger partial charge is 0.234 e. The van der Waals surface area contributed by atoms with Crippen LogP contribution in [0, 0.1) is 0 Å². The van der Waals surface area contributed by atoms with Crippen LogP contribution in [0.2, 0.25) is 0 Å². The van der Waals surface area contributed by atoms with Crippen molar-refractivity contribution in [3.05, 3.63) is 23.7 Å². The number of primary amides is 1. The van der Waals surface area contributed by atoms with Crippen LogP contribution < -0.4 is 11.1 Å². The zero-order chi connectivity index (χ0) is 13.0. The number of ether oxygens (including phenoxy) is 1. The molecule has 1 saturated heterocycles. The van der Waals surface area contributed by atoms with E-state index in [2.05, 4.69) is 5.32 Å². The highest BCUT2D eigenvalue weighted by Crippen LogP contribution is 2.28. The van der Waals surface area contributed by atoms with Gasteiger partial charge >= 0.3 is 0 Å². The molecule has 1 aromatic rings. The summed E-state index contributed by atoms with van der Waals surface area (Å²) < 4.78 is 11.4. The molecule has 0 radical (unpaired) electrons. The summed E-state index contributed by atoms with van der Waals surface area (Å²) in [5.41, 5.74) is 5.17. The van der Waals surface area contributed by atoms with Crippen LogP contribution in [-0.2, 0) is 16.1 Å². The first-order valence-corrected chi connectivity index (χ1v) is 6.39. The molecule has 2 atom stereocenters. The van der Waals surface area contributed by atoms with E-state index < -0.39 is 0 Å². The Morgan fingerprint density at radius 2 is 2.39 bits per heavy atom. The third-order valence-corrected chi connectivity index (χ3v) is 3.19. The largest absolute Gasteiger partial charge is 0.462 e. The highest BCUT2D eigenvalue weighted by Gasteiger charge is 2.19. The molecule has 1 aliphatic heterocycles. The monoisotopic (exact) mass is 252 g/mol. The maximum atomic E-state index is 10.9. The second kappa shape index (κ2) is 6.02. The van der Waals surface area contributed by atoms with Crippen molar-refractivity contribution in [3.8, 4) is 0 Å². The fraction of sp³-hybridized carbons (Fsp3) is 0.615. The van der Waals surface area contributed by atoms with Gasteiger partial charge in [0, 0.05) is 6.61 Å². The van der Waals surface area contributed by atoms with Crippen molar-refractivity contribution in [3.63, 3.8) is 0 Å². The Morgan fingerprint density at radius 1 is 1.56 bits per heavy atom. The van der Waals surface area contributed by atoms with Crippen molar-refractivity contribution in [2.24, 2.45) is 5.73 Å². The van der Waals surface area contributed by atoms with Gasteiger partial charge in [0.15, 0.2) is 0 Å². The first-order chi connectivity index (χ1) is 8.66. The molecular weight excluding hydrogens is 232 g/mol. The van der Waals surface area contributed by atoms with Crippen LogP contribution in [0.3, 0.4) is 0 Å². The lowest BCUT2D eigenvalue weighted by molar-refractivity contribution is -0.119. The van der Waals surface area contributed by atoms with Crippen molar-refractivity contribution >= 4 is 5.91 Å². The molecule has 0 aromatic carbocycles. The van der Waals surface area contributed by atoms with E-state index in [1.807, 2.05) is 12.1 Å². The average Bonchev–Trinajstić information content (AvgIpc) is 2.85. The summed E-state index contributed by atoms with van der Waals surface area (Å²) in [6.45, 7) is 3.03. The molecule has 2 heterocycles. The molecule has 5 heteroatoms. The summed E-state index contributed by atoms with van der Waals surface area (Å²) in [6, 6.07) is 3.50. The zero-order valence-electron chi connectivity index (χ0n) is 10.6. The number of carbonyl (C=O) groups excluding carboxylic acids is 1. The molecule has 0 aliphatic carbocycles. The van der Waals surface area contributed by atoms with E-state index in [4.69, 9.17) is 14.9 Å². The van der Waals surface area contributed by atoms with Crippen LogP contribution in [0.4, 0.5) is 0 Å². The summed E-state index contributed by atoms with van der Waals surface area (Å²) >= 11 is 0. The number of hydrogen-bond donors (Lipinski definition) is 2. The van der Waals surface area contributed by atoms with E-state index in [0.717, 1.165) is 31.0 Å². The van der Waals surface area contributed by atoms with E-state index in [-0.39, 0.29) is 18.1 Å². The number of amides is 1. The van der Waals surface area contributed by atoms with Gasteiger partial charge in [0.05, 0.1) is 12.6 Å². The third-order valence-electron chi connectivity index (χ3n) is 3.19. The summed E-state index contributed by atoms with van der Waals surface area (Å²) in [5, 5.41) is 3.01. The van der Waals surface area contributed by atoms with E-state index in [9.17, 15) is 4.79 Å². The fourth-order valence-electron chi connectivity index (χ4n) is 1.98. The minimum Gasteiger partial charge on any atom is -0.462 e. The van der Waals surface area contributed by atoms with Crippen molar-refractivity contribution in [1.82, 2.24) is 5.32 Å². The summed E-state index contributed by atoms with van der Waals surface area (Å²) in [6.07, 6.45) is 3.40.